The zero-order valence-corrected chi connectivity index (χ0v) is 10.1. The van der Waals surface area contributed by atoms with Crippen molar-refractivity contribution in [3.8, 4) is 6.07 Å². The highest BCUT2D eigenvalue weighted by molar-refractivity contribution is 5.75. The summed E-state index contributed by atoms with van der Waals surface area (Å²) in [5.74, 6) is 1.96. The highest BCUT2D eigenvalue weighted by atomic mass is 16.5. The predicted molar refractivity (Wildman–Crippen MR) is 65.1 cm³/mol. The lowest BCUT2D eigenvalue weighted by molar-refractivity contribution is 0.106. The lowest BCUT2D eigenvalue weighted by Crippen LogP contribution is -2.24. The molecule has 1 aliphatic rings. The van der Waals surface area contributed by atoms with Gasteiger partial charge >= 0.3 is 0 Å². The van der Waals surface area contributed by atoms with E-state index in [1.54, 1.807) is 13.3 Å². The van der Waals surface area contributed by atoms with Gasteiger partial charge < -0.3 is 4.74 Å². The normalized spacial score (nSPS) is 30.9. The van der Waals surface area contributed by atoms with Crippen molar-refractivity contribution in [3.05, 3.63) is 12.3 Å². The van der Waals surface area contributed by atoms with Gasteiger partial charge in [-0.25, -0.2) is 0 Å². The topological polar surface area (TPSA) is 45.4 Å². The van der Waals surface area contributed by atoms with E-state index in [0.717, 1.165) is 6.61 Å². The van der Waals surface area contributed by atoms with Crippen LogP contribution in [-0.4, -0.2) is 19.9 Å². The molecule has 0 saturated heterocycles. The van der Waals surface area contributed by atoms with E-state index in [2.05, 4.69) is 18.0 Å². The van der Waals surface area contributed by atoms with Crippen molar-refractivity contribution >= 4 is 6.21 Å². The summed E-state index contributed by atoms with van der Waals surface area (Å²) in [6.07, 6.45) is 8.83. The van der Waals surface area contributed by atoms with Crippen molar-refractivity contribution < 1.29 is 4.74 Å². The van der Waals surface area contributed by atoms with Gasteiger partial charge in [-0.1, -0.05) is 13.0 Å². The average Bonchev–Trinajstić information content (AvgIpc) is 2.29. The Kier molecular flexibility index (Phi) is 5.81. The molecule has 1 saturated carbocycles. The predicted octanol–water partition coefficient (Wildman–Crippen LogP) is 2.79. The Bertz CT molecular complexity index is 291. The first-order valence-corrected chi connectivity index (χ1v) is 5.84. The van der Waals surface area contributed by atoms with Gasteiger partial charge in [0.1, 0.15) is 12.3 Å². The molecule has 0 spiro atoms. The molecule has 3 nitrogen and oxygen atoms in total. The zero-order chi connectivity index (χ0) is 11.8. The van der Waals surface area contributed by atoms with Crippen LogP contribution in [0.2, 0.25) is 0 Å². The molecule has 0 amide bonds. The first-order valence-electron chi connectivity index (χ1n) is 5.84. The molecule has 16 heavy (non-hydrogen) atoms. The summed E-state index contributed by atoms with van der Waals surface area (Å²) in [6.45, 7) is 3.14. The van der Waals surface area contributed by atoms with E-state index in [9.17, 15) is 0 Å². The van der Waals surface area contributed by atoms with Crippen LogP contribution in [-0.2, 0) is 4.74 Å². The highest BCUT2D eigenvalue weighted by Crippen LogP contribution is 2.34. The van der Waals surface area contributed by atoms with Crippen molar-refractivity contribution in [2.24, 2.45) is 22.7 Å². The molecule has 1 aliphatic carbocycles. The van der Waals surface area contributed by atoms with Gasteiger partial charge in [0.2, 0.25) is 0 Å². The van der Waals surface area contributed by atoms with Gasteiger partial charge in [-0.2, -0.15) is 5.26 Å². The molecule has 88 valence electrons. The van der Waals surface area contributed by atoms with Crippen LogP contribution in [0.3, 0.4) is 0 Å². The average molecular weight is 220 g/mol. The van der Waals surface area contributed by atoms with E-state index >= 15 is 0 Å². The summed E-state index contributed by atoms with van der Waals surface area (Å²) in [7, 11) is 1.76. The van der Waals surface area contributed by atoms with Crippen molar-refractivity contribution in [2.75, 3.05) is 13.7 Å². The van der Waals surface area contributed by atoms with Crippen molar-refractivity contribution in [1.29, 1.82) is 5.26 Å². The minimum atomic E-state index is 0.574. The van der Waals surface area contributed by atoms with Crippen LogP contribution < -0.4 is 0 Å². The first kappa shape index (κ1) is 12.9. The molecule has 0 aliphatic heterocycles. The van der Waals surface area contributed by atoms with Crippen LogP contribution in [0, 0.1) is 29.1 Å². The van der Waals surface area contributed by atoms with Gasteiger partial charge in [-0.15, -0.1) is 0 Å². The van der Waals surface area contributed by atoms with Gasteiger partial charge in [-0.05, 0) is 37.0 Å². The first-order chi connectivity index (χ1) is 7.77. The van der Waals surface area contributed by atoms with Crippen LogP contribution in [0.5, 0.6) is 0 Å². The number of aliphatic imine (C=N–C) groups is 1. The SMILES string of the molecule is COC[C@H]1CC[C@@H](C)C(/C=C\N=CC#N)C1. The molecule has 0 N–H and O–H groups in total. The summed E-state index contributed by atoms with van der Waals surface area (Å²) < 4.78 is 5.21. The smallest absolute Gasteiger partial charge is 0.111 e. The Balaban J connectivity index is 2.46. The highest BCUT2D eigenvalue weighted by Gasteiger charge is 2.25. The monoisotopic (exact) mass is 220 g/mol. The van der Waals surface area contributed by atoms with E-state index in [-0.39, 0.29) is 0 Å². The fourth-order valence-electron chi connectivity index (χ4n) is 2.34. The number of nitriles is 1. The molecular formula is C13H20N2O. The second kappa shape index (κ2) is 7.19. The fourth-order valence-corrected chi connectivity index (χ4v) is 2.34. The Hall–Kier alpha value is -1.14. The van der Waals surface area contributed by atoms with Gasteiger partial charge in [-0.3, -0.25) is 4.99 Å². The number of rotatable bonds is 4. The summed E-state index contributed by atoms with van der Waals surface area (Å²) >= 11 is 0. The molecule has 3 atom stereocenters. The molecule has 3 heteroatoms. The standard InChI is InChI=1S/C13H20N2O/c1-11-3-4-12(10-16-2)9-13(11)5-7-15-8-6-14/h5,7-8,11-13H,3-4,9-10H2,1-2H3/b7-5-,15-8?/t11-,12+,13?/m1/s1. The maximum Gasteiger partial charge on any atom is 0.111 e. The summed E-state index contributed by atoms with van der Waals surface area (Å²) in [6, 6.07) is 1.88. The number of allylic oxidation sites excluding steroid dienone is 1. The van der Waals surface area contributed by atoms with E-state index in [1.807, 2.05) is 6.07 Å². The Morgan fingerprint density at radius 1 is 1.50 bits per heavy atom. The lowest BCUT2D eigenvalue weighted by Gasteiger charge is -2.32. The summed E-state index contributed by atoms with van der Waals surface area (Å²) in [4.78, 5) is 3.89. The maximum absolute atomic E-state index is 8.32. The van der Waals surface area contributed by atoms with Crippen molar-refractivity contribution in [1.82, 2.24) is 0 Å². The van der Waals surface area contributed by atoms with E-state index in [0.29, 0.717) is 17.8 Å². The van der Waals surface area contributed by atoms with E-state index in [1.165, 1.54) is 25.5 Å². The summed E-state index contributed by atoms with van der Waals surface area (Å²) in [5.41, 5.74) is 0. The van der Waals surface area contributed by atoms with E-state index < -0.39 is 0 Å². The number of nitrogens with zero attached hydrogens (tertiary/aromatic N) is 2. The van der Waals surface area contributed by atoms with Crippen molar-refractivity contribution in [2.45, 2.75) is 26.2 Å². The van der Waals surface area contributed by atoms with Crippen LogP contribution in [0.15, 0.2) is 17.3 Å². The third kappa shape index (κ3) is 4.16. The summed E-state index contributed by atoms with van der Waals surface area (Å²) in [5, 5.41) is 8.32. The molecule has 0 aromatic rings. The molecular weight excluding hydrogens is 200 g/mol. The van der Waals surface area contributed by atoms with Gasteiger partial charge in [0.25, 0.3) is 0 Å². The molecule has 0 aromatic carbocycles. The van der Waals surface area contributed by atoms with Crippen molar-refractivity contribution in [3.63, 3.8) is 0 Å². The molecule has 0 bridgehead atoms. The van der Waals surface area contributed by atoms with Crippen LogP contribution >= 0.6 is 0 Å². The Labute approximate surface area is 97.8 Å². The largest absolute Gasteiger partial charge is 0.384 e. The van der Waals surface area contributed by atoms with E-state index in [4.69, 9.17) is 10.00 Å². The van der Waals surface area contributed by atoms with Gasteiger partial charge in [0, 0.05) is 19.9 Å². The zero-order valence-electron chi connectivity index (χ0n) is 10.1. The molecule has 1 fully saturated rings. The molecule has 0 aromatic heterocycles. The second-order valence-electron chi connectivity index (χ2n) is 4.52. The molecule has 0 radical (unpaired) electrons. The maximum atomic E-state index is 8.32. The van der Waals surface area contributed by atoms with Crippen LogP contribution in [0.25, 0.3) is 0 Å². The minimum absolute atomic E-state index is 0.574. The van der Waals surface area contributed by atoms with Gasteiger partial charge in [0.05, 0.1) is 0 Å². The number of hydrogen-bond donors (Lipinski definition) is 0. The fraction of sp³-hybridized carbons (Fsp3) is 0.692. The van der Waals surface area contributed by atoms with Crippen LogP contribution in [0.1, 0.15) is 26.2 Å². The number of hydrogen-bond acceptors (Lipinski definition) is 3. The number of ether oxygens (including phenoxy) is 1. The molecule has 0 heterocycles. The number of methoxy groups -OCH3 is 1. The van der Waals surface area contributed by atoms with Gasteiger partial charge in [0.15, 0.2) is 0 Å². The lowest BCUT2D eigenvalue weighted by atomic mass is 9.75. The second-order valence-corrected chi connectivity index (χ2v) is 4.52. The molecule has 1 rings (SSSR count). The third-order valence-corrected chi connectivity index (χ3v) is 3.32. The molecule has 1 unspecified atom stereocenters. The Morgan fingerprint density at radius 3 is 3.00 bits per heavy atom. The quantitative estimate of drug-likeness (QED) is 0.684. The minimum Gasteiger partial charge on any atom is -0.384 e. The van der Waals surface area contributed by atoms with Crippen LogP contribution in [0.4, 0.5) is 0 Å². The third-order valence-electron chi connectivity index (χ3n) is 3.32. The Morgan fingerprint density at radius 2 is 2.31 bits per heavy atom.